The molecule has 1 aliphatic carbocycles. The molecule has 2 amide bonds. The minimum absolute atomic E-state index is 0.157. The number of carboxylic acid groups (broad SMARTS) is 1. The van der Waals surface area contributed by atoms with Crippen molar-refractivity contribution in [2.24, 2.45) is 11.8 Å². The maximum absolute atomic E-state index is 12.1. The predicted molar refractivity (Wildman–Crippen MR) is 78.6 cm³/mol. The molecule has 3 N–H and O–H groups in total. The van der Waals surface area contributed by atoms with Gasteiger partial charge in [-0.2, -0.15) is 0 Å². The van der Waals surface area contributed by atoms with Crippen molar-refractivity contribution in [3.05, 3.63) is 0 Å². The molecule has 0 radical (unpaired) electrons. The zero-order valence-corrected chi connectivity index (χ0v) is 13.2. The second kappa shape index (κ2) is 6.91. The Hall–Kier alpha value is -1.59. The average molecular weight is 298 g/mol. The highest BCUT2D eigenvalue weighted by atomic mass is 16.4. The van der Waals surface area contributed by atoms with Gasteiger partial charge in [0.1, 0.15) is 6.04 Å². The van der Waals surface area contributed by atoms with Crippen LogP contribution in [0, 0.1) is 11.8 Å². The first-order chi connectivity index (χ1) is 9.60. The molecule has 1 aliphatic rings. The highest BCUT2D eigenvalue weighted by Gasteiger charge is 2.31. The van der Waals surface area contributed by atoms with E-state index in [2.05, 4.69) is 10.6 Å². The number of carboxylic acids is 1. The molecule has 120 valence electrons. The summed E-state index contributed by atoms with van der Waals surface area (Å²) in [6, 6.07) is -0.589. The second-order valence-corrected chi connectivity index (χ2v) is 6.86. The van der Waals surface area contributed by atoms with E-state index in [1.54, 1.807) is 6.92 Å². The van der Waals surface area contributed by atoms with Crippen LogP contribution in [0.2, 0.25) is 0 Å². The van der Waals surface area contributed by atoms with Crippen molar-refractivity contribution >= 4 is 17.8 Å². The summed E-state index contributed by atoms with van der Waals surface area (Å²) < 4.78 is 0. The van der Waals surface area contributed by atoms with Gasteiger partial charge in [-0.15, -0.1) is 0 Å². The predicted octanol–water partition coefficient (Wildman–Crippen LogP) is 1.30. The number of aliphatic carboxylic acids is 1. The normalized spacial score (nSPS) is 24.0. The van der Waals surface area contributed by atoms with Crippen molar-refractivity contribution < 1.29 is 19.5 Å². The maximum atomic E-state index is 12.1. The van der Waals surface area contributed by atoms with Gasteiger partial charge in [0, 0.05) is 11.5 Å². The molecule has 0 aromatic heterocycles. The van der Waals surface area contributed by atoms with E-state index in [4.69, 9.17) is 5.11 Å². The lowest BCUT2D eigenvalue weighted by Gasteiger charge is -2.27. The molecular formula is C15H26N2O4. The van der Waals surface area contributed by atoms with Crippen molar-refractivity contribution in [1.29, 1.82) is 0 Å². The first-order valence-electron chi connectivity index (χ1n) is 7.45. The Morgan fingerprint density at radius 2 is 1.52 bits per heavy atom. The maximum Gasteiger partial charge on any atom is 0.306 e. The molecule has 1 fully saturated rings. The first kappa shape index (κ1) is 17.5. The highest BCUT2D eigenvalue weighted by Crippen LogP contribution is 2.29. The van der Waals surface area contributed by atoms with Gasteiger partial charge in [0.25, 0.3) is 0 Å². The fourth-order valence-electron chi connectivity index (χ4n) is 2.48. The number of carbonyl (C=O) groups excluding carboxylic acids is 2. The van der Waals surface area contributed by atoms with Gasteiger partial charge in [-0.25, -0.2) is 0 Å². The van der Waals surface area contributed by atoms with Gasteiger partial charge in [-0.3, -0.25) is 14.4 Å². The molecule has 0 aromatic rings. The highest BCUT2D eigenvalue weighted by molar-refractivity contribution is 5.88. The number of hydrogen-bond donors (Lipinski definition) is 3. The molecular weight excluding hydrogens is 272 g/mol. The summed E-state index contributed by atoms with van der Waals surface area (Å²) in [5.74, 6) is -1.68. The van der Waals surface area contributed by atoms with E-state index in [9.17, 15) is 14.4 Å². The minimum Gasteiger partial charge on any atom is -0.481 e. The summed E-state index contributed by atoms with van der Waals surface area (Å²) in [6.45, 7) is 7.30. The minimum atomic E-state index is -0.785. The Morgan fingerprint density at radius 1 is 1.05 bits per heavy atom. The molecule has 0 saturated heterocycles. The molecule has 0 spiro atoms. The number of nitrogens with one attached hydrogen (secondary N) is 2. The Balaban J connectivity index is 2.43. The molecule has 1 atom stereocenters. The van der Waals surface area contributed by atoms with E-state index in [1.165, 1.54) is 0 Å². The summed E-state index contributed by atoms with van der Waals surface area (Å²) in [5, 5.41) is 14.5. The first-order valence-corrected chi connectivity index (χ1v) is 7.45. The van der Waals surface area contributed by atoms with Gasteiger partial charge in [0.05, 0.1) is 5.92 Å². The van der Waals surface area contributed by atoms with Crippen molar-refractivity contribution in [3.63, 3.8) is 0 Å². The van der Waals surface area contributed by atoms with Crippen LogP contribution in [0.1, 0.15) is 53.4 Å². The summed E-state index contributed by atoms with van der Waals surface area (Å²) in [5.41, 5.74) is -0.338. The van der Waals surface area contributed by atoms with Crippen molar-refractivity contribution in [3.8, 4) is 0 Å². The fourth-order valence-corrected chi connectivity index (χ4v) is 2.48. The molecule has 6 nitrogen and oxygen atoms in total. The van der Waals surface area contributed by atoms with Crippen LogP contribution in [0.5, 0.6) is 0 Å². The molecule has 0 aromatic carbocycles. The lowest BCUT2D eigenvalue weighted by Crippen LogP contribution is -2.52. The molecule has 0 heterocycles. The van der Waals surface area contributed by atoms with Crippen LogP contribution in [0.25, 0.3) is 0 Å². The van der Waals surface area contributed by atoms with Gasteiger partial charge in [-0.1, -0.05) is 0 Å². The van der Waals surface area contributed by atoms with E-state index in [-0.39, 0.29) is 29.2 Å². The molecule has 1 saturated carbocycles. The quantitative estimate of drug-likeness (QED) is 0.729. The lowest BCUT2D eigenvalue weighted by atomic mass is 9.81. The van der Waals surface area contributed by atoms with Crippen LogP contribution < -0.4 is 10.6 Å². The summed E-state index contributed by atoms with van der Waals surface area (Å²) in [6.07, 6.45) is 2.18. The Kier molecular flexibility index (Phi) is 5.75. The van der Waals surface area contributed by atoms with E-state index in [0.29, 0.717) is 25.7 Å². The molecule has 0 aliphatic heterocycles. The van der Waals surface area contributed by atoms with Crippen molar-refractivity contribution in [2.45, 2.75) is 65.0 Å². The zero-order valence-electron chi connectivity index (χ0n) is 13.2. The van der Waals surface area contributed by atoms with Crippen molar-refractivity contribution in [1.82, 2.24) is 10.6 Å². The SMILES string of the molecule is CC(NC(=O)C1CCC(C(=O)O)CC1)C(=O)NC(C)(C)C. The largest absolute Gasteiger partial charge is 0.481 e. The van der Waals surface area contributed by atoms with Gasteiger partial charge in [0.2, 0.25) is 11.8 Å². The average Bonchev–Trinajstić information content (AvgIpc) is 2.36. The molecule has 1 unspecified atom stereocenters. The Bertz CT molecular complexity index is 406. The van der Waals surface area contributed by atoms with Crippen molar-refractivity contribution in [2.75, 3.05) is 0 Å². The number of hydrogen-bond acceptors (Lipinski definition) is 3. The summed E-state index contributed by atoms with van der Waals surface area (Å²) in [4.78, 5) is 34.9. The smallest absolute Gasteiger partial charge is 0.306 e. The number of amides is 2. The standard InChI is InChI=1S/C15H26N2O4/c1-9(12(18)17-15(2,3)4)16-13(19)10-5-7-11(8-6-10)14(20)21/h9-11H,5-8H2,1-4H3,(H,16,19)(H,17,18)(H,20,21). The number of rotatable bonds is 4. The second-order valence-electron chi connectivity index (χ2n) is 6.86. The van der Waals surface area contributed by atoms with Crippen LogP contribution in [0.15, 0.2) is 0 Å². The third-order valence-corrected chi connectivity index (χ3v) is 3.70. The van der Waals surface area contributed by atoms with Crippen LogP contribution in [-0.4, -0.2) is 34.5 Å². The topological polar surface area (TPSA) is 95.5 Å². The van der Waals surface area contributed by atoms with Crippen LogP contribution >= 0.6 is 0 Å². The van der Waals surface area contributed by atoms with Crippen LogP contribution in [0.3, 0.4) is 0 Å². The van der Waals surface area contributed by atoms with E-state index >= 15 is 0 Å². The van der Waals surface area contributed by atoms with Gasteiger partial charge < -0.3 is 15.7 Å². The third-order valence-electron chi connectivity index (χ3n) is 3.70. The number of carbonyl (C=O) groups is 3. The fraction of sp³-hybridized carbons (Fsp3) is 0.800. The monoisotopic (exact) mass is 298 g/mol. The van der Waals surface area contributed by atoms with Crippen LogP contribution in [-0.2, 0) is 14.4 Å². The molecule has 21 heavy (non-hydrogen) atoms. The van der Waals surface area contributed by atoms with E-state index in [0.717, 1.165) is 0 Å². The van der Waals surface area contributed by atoms with Gasteiger partial charge in [-0.05, 0) is 53.4 Å². The van der Waals surface area contributed by atoms with Gasteiger partial charge >= 0.3 is 5.97 Å². The van der Waals surface area contributed by atoms with Crippen LogP contribution in [0.4, 0.5) is 0 Å². The molecule has 1 rings (SSSR count). The van der Waals surface area contributed by atoms with E-state index in [1.807, 2.05) is 20.8 Å². The Morgan fingerprint density at radius 3 is 1.95 bits per heavy atom. The lowest BCUT2D eigenvalue weighted by molar-refractivity contribution is -0.144. The molecule has 6 heteroatoms. The third kappa shape index (κ3) is 5.73. The summed E-state index contributed by atoms with van der Waals surface area (Å²) in [7, 11) is 0. The van der Waals surface area contributed by atoms with Gasteiger partial charge in [0.15, 0.2) is 0 Å². The Labute approximate surface area is 125 Å². The van der Waals surface area contributed by atoms with E-state index < -0.39 is 12.0 Å². The summed E-state index contributed by atoms with van der Waals surface area (Å²) >= 11 is 0. The zero-order chi connectivity index (χ0) is 16.2. The molecule has 0 bridgehead atoms.